The molecule has 104 valence electrons. The van der Waals surface area contributed by atoms with Crippen molar-refractivity contribution in [2.75, 3.05) is 6.54 Å². The monoisotopic (exact) mass is 257 g/mol. The summed E-state index contributed by atoms with van der Waals surface area (Å²) in [4.78, 5) is 0. The van der Waals surface area contributed by atoms with Crippen LogP contribution in [0, 0.1) is 18.8 Å². The van der Waals surface area contributed by atoms with E-state index in [4.69, 9.17) is 0 Å². The normalized spacial score (nSPS) is 27.4. The molecule has 1 nitrogen and oxygen atoms in total. The summed E-state index contributed by atoms with van der Waals surface area (Å²) in [5, 5.41) is 3.75. The maximum Gasteiger partial charge on any atom is 0.00683 e. The Bertz CT molecular complexity index is 391. The first-order chi connectivity index (χ1) is 9.31. The van der Waals surface area contributed by atoms with Gasteiger partial charge in [0.25, 0.3) is 0 Å². The quantitative estimate of drug-likeness (QED) is 0.837. The lowest BCUT2D eigenvalue weighted by Crippen LogP contribution is -2.32. The Labute approximate surface area is 117 Å². The number of rotatable bonds is 5. The van der Waals surface area contributed by atoms with Gasteiger partial charge in [0.2, 0.25) is 0 Å². The predicted octanol–water partition coefficient (Wildman–Crippen LogP) is 4.10. The SMILES string of the molecule is Cc1ccc(CC2CCCCC2CNC2CC2)cc1. The Morgan fingerprint density at radius 2 is 1.63 bits per heavy atom. The Hall–Kier alpha value is -0.820. The molecule has 0 aromatic heterocycles. The number of hydrogen-bond donors (Lipinski definition) is 1. The van der Waals surface area contributed by atoms with Gasteiger partial charge in [0.1, 0.15) is 0 Å². The maximum atomic E-state index is 3.75. The van der Waals surface area contributed by atoms with Gasteiger partial charge in [-0.3, -0.25) is 0 Å². The van der Waals surface area contributed by atoms with Gasteiger partial charge in [-0.1, -0.05) is 42.7 Å². The van der Waals surface area contributed by atoms with Crippen molar-refractivity contribution in [3.8, 4) is 0 Å². The molecule has 1 heteroatoms. The van der Waals surface area contributed by atoms with Crippen LogP contribution in [-0.2, 0) is 6.42 Å². The first-order valence-corrected chi connectivity index (χ1v) is 8.10. The fourth-order valence-electron chi connectivity index (χ4n) is 3.45. The van der Waals surface area contributed by atoms with Crippen LogP contribution in [0.1, 0.15) is 49.7 Å². The van der Waals surface area contributed by atoms with Crippen molar-refractivity contribution < 1.29 is 0 Å². The van der Waals surface area contributed by atoms with Crippen LogP contribution in [0.5, 0.6) is 0 Å². The Morgan fingerprint density at radius 1 is 0.947 bits per heavy atom. The molecule has 2 fully saturated rings. The van der Waals surface area contributed by atoms with Crippen molar-refractivity contribution in [3.63, 3.8) is 0 Å². The molecule has 1 aromatic carbocycles. The molecule has 1 N–H and O–H groups in total. The van der Waals surface area contributed by atoms with Crippen molar-refractivity contribution >= 4 is 0 Å². The van der Waals surface area contributed by atoms with E-state index in [2.05, 4.69) is 36.5 Å². The third kappa shape index (κ3) is 3.82. The third-order valence-corrected chi connectivity index (χ3v) is 4.93. The summed E-state index contributed by atoms with van der Waals surface area (Å²) < 4.78 is 0. The summed E-state index contributed by atoms with van der Waals surface area (Å²) >= 11 is 0. The minimum Gasteiger partial charge on any atom is -0.314 e. The highest BCUT2D eigenvalue weighted by atomic mass is 14.9. The van der Waals surface area contributed by atoms with Crippen LogP contribution in [0.25, 0.3) is 0 Å². The van der Waals surface area contributed by atoms with Crippen molar-refractivity contribution in [2.45, 2.75) is 57.9 Å². The lowest BCUT2D eigenvalue weighted by molar-refractivity contribution is 0.228. The van der Waals surface area contributed by atoms with Crippen molar-refractivity contribution in [1.82, 2.24) is 5.32 Å². The molecule has 0 radical (unpaired) electrons. The van der Waals surface area contributed by atoms with Gasteiger partial charge < -0.3 is 5.32 Å². The summed E-state index contributed by atoms with van der Waals surface area (Å²) in [6.45, 7) is 3.44. The second kappa shape index (κ2) is 6.09. The van der Waals surface area contributed by atoms with Gasteiger partial charge in [-0.15, -0.1) is 0 Å². The van der Waals surface area contributed by atoms with Gasteiger partial charge >= 0.3 is 0 Å². The van der Waals surface area contributed by atoms with Gasteiger partial charge in [-0.05, 0) is 63.0 Å². The zero-order valence-electron chi connectivity index (χ0n) is 12.2. The minimum atomic E-state index is 0.863. The third-order valence-electron chi connectivity index (χ3n) is 4.93. The Balaban J connectivity index is 1.57. The second-order valence-electron chi connectivity index (χ2n) is 6.68. The first kappa shape index (κ1) is 13.2. The van der Waals surface area contributed by atoms with Crippen LogP contribution < -0.4 is 5.32 Å². The second-order valence-corrected chi connectivity index (χ2v) is 6.68. The van der Waals surface area contributed by atoms with E-state index in [-0.39, 0.29) is 0 Å². The Morgan fingerprint density at radius 3 is 2.32 bits per heavy atom. The molecule has 1 aromatic rings. The largest absolute Gasteiger partial charge is 0.314 e. The van der Waals surface area contributed by atoms with E-state index in [1.807, 2.05) is 0 Å². The molecule has 0 amide bonds. The summed E-state index contributed by atoms with van der Waals surface area (Å²) in [6.07, 6.45) is 9.88. The molecule has 2 saturated carbocycles. The van der Waals surface area contributed by atoms with Crippen LogP contribution in [0.15, 0.2) is 24.3 Å². The van der Waals surface area contributed by atoms with Crippen molar-refractivity contribution in [3.05, 3.63) is 35.4 Å². The molecule has 2 aliphatic rings. The van der Waals surface area contributed by atoms with E-state index in [0.717, 1.165) is 17.9 Å². The van der Waals surface area contributed by atoms with Crippen molar-refractivity contribution in [2.24, 2.45) is 11.8 Å². The first-order valence-electron chi connectivity index (χ1n) is 8.10. The molecule has 2 unspecified atom stereocenters. The summed E-state index contributed by atoms with van der Waals surface area (Å²) in [7, 11) is 0. The average Bonchev–Trinajstić information content (AvgIpc) is 3.25. The fourth-order valence-corrected chi connectivity index (χ4v) is 3.45. The number of aryl methyl sites for hydroxylation is 1. The lowest BCUT2D eigenvalue weighted by atomic mass is 9.76. The van der Waals surface area contributed by atoms with Crippen LogP contribution in [0.3, 0.4) is 0 Å². The number of nitrogens with one attached hydrogen (secondary N) is 1. The highest BCUT2D eigenvalue weighted by molar-refractivity contribution is 5.21. The van der Waals surface area contributed by atoms with Gasteiger partial charge in [0.05, 0.1) is 0 Å². The zero-order valence-corrected chi connectivity index (χ0v) is 12.2. The molecule has 2 atom stereocenters. The molecule has 2 aliphatic carbocycles. The van der Waals surface area contributed by atoms with Gasteiger partial charge in [0.15, 0.2) is 0 Å². The highest BCUT2D eigenvalue weighted by Gasteiger charge is 2.28. The molecule has 0 heterocycles. The van der Waals surface area contributed by atoms with Gasteiger partial charge in [0, 0.05) is 6.04 Å². The minimum absolute atomic E-state index is 0.863. The topological polar surface area (TPSA) is 12.0 Å². The zero-order chi connectivity index (χ0) is 13.1. The number of benzene rings is 1. The Kier molecular flexibility index (Phi) is 4.22. The van der Waals surface area contributed by atoms with E-state index >= 15 is 0 Å². The van der Waals surface area contributed by atoms with Gasteiger partial charge in [-0.25, -0.2) is 0 Å². The van der Waals surface area contributed by atoms with Crippen LogP contribution >= 0.6 is 0 Å². The summed E-state index contributed by atoms with van der Waals surface area (Å²) in [6, 6.07) is 10.0. The molecule has 3 rings (SSSR count). The smallest absolute Gasteiger partial charge is 0.00683 e. The van der Waals surface area contributed by atoms with E-state index in [1.54, 1.807) is 0 Å². The van der Waals surface area contributed by atoms with Crippen molar-refractivity contribution in [1.29, 1.82) is 0 Å². The van der Waals surface area contributed by atoms with Gasteiger partial charge in [-0.2, -0.15) is 0 Å². The molecule has 0 saturated heterocycles. The molecular formula is C18H27N. The summed E-state index contributed by atoms with van der Waals surface area (Å²) in [5.74, 6) is 1.82. The predicted molar refractivity (Wildman–Crippen MR) is 81.4 cm³/mol. The maximum absolute atomic E-state index is 3.75. The molecular weight excluding hydrogens is 230 g/mol. The number of hydrogen-bond acceptors (Lipinski definition) is 1. The standard InChI is InChI=1S/C18H27N/c1-14-6-8-15(9-7-14)12-16-4-2-3-5-17(16)13-19-18-10-11-18/h6-9,16-19H,2-5,10-13H2,1H3. The average molecular weight is 257 g/mol. The molecule has 0 aliphatic heterocycles. The van der Waals surface area contributed by atoms with Crippen LogP contribution in [-0.4, -0.2) is 12.6 Å². The van der Waals surface area contributed by atoms with E-state index in [1.165, 1.54) is 62.6 Å². The summed E-state index contributed by atoms with van der Waals surface area (Å²) in [5.41, 5.74) is 2.91. The highest BCUT2D eigenvalue weighted by Crippen LogP contribution is 2.33. The van der Waals surface area contributed by atoms with E-state index < -0.39 is 0 Å². The van der Waals surface area contributed by atoms with E-state index in [9.17, 15) is 0 Å². The lowest BCUT2D eigenvalue weighted by Gasteiger charge is -2.32. The molecule has 19 heavy (non-hydrogen) atoms. The van der Waals surface area contributed by atoms with Crippen LogP contribution in [0.2, 0.25) is 0 Å². The fraction of sp³-hybridized carbons (Fsp3) is 0.667. The molecule has 0 bridgehead atoms. The molecule has 0 spiro atoms. The van der Waals surface area contributed by atoms with E-state index in [0.29, 0.717) is 0 Å². The van der Waals surface area contributed by atoms with Crippen LogP contribution in [0.4, 0.5) is 0 Å².